The van der Waals surface area contributed by atoms with Gasteiger partial charge in [-0.1, -0.05) is 13.8 Å². The van der Waals surface area contributed by atoms with Crippen molar-refractivity contribution >= 4 is 0 Å². The number of hydrogen-bond donors (Lipinski definition) is 1. The van der Waals surface area contributed by atoms with Crippen LogP contribution in [0.5, 0.6) is 0 Å². The Balaban J connectivity index is 2.56. The van der Waals surface area contributed by atoms with Gasteiger partial charge in [-0.3, -0.25) is 9.58 Å². The van der Waals surface area contributed by atoms with Gasteiger partial charge in [0.1, 0.15) is 0 Å². The van der Waals surface area contributed by atoms with Gasteiger partial charge in [0.25, 0.3) is 0 Å². The molecule has 0 spiro atoms. The molecule has 0 radical (unpaired) electrons. The van der Waals surface area contributed by atoms with E-state index in [9.17, 15) is 0 Å². The van der Waals surface area contributed by atoms with Crippen molar-refractivity contribution in [3.05, 3.63) is 18.0 Å². The molecule has 0 aliphatic carbocycles. The molecular formula is C13H26N4. The van der Waals surface area contributed by atoms with E-state index in [0.717, 1.165) is 31.6 Å². The van der Waals surface area contributed by atoms with Crippen LogP contribution in [-0.2, 0) is 6.54 Å². The Kier molecular flexibility index (Phi) is 5.65. The topological polar surface area (TPSA) is 47.1 Å². The number of likely N-dealkylation sites (N-methyl/N-ethyl adjacent to an activating group) is 1. The van der Waals surface area contributed by atoms with Crippen molar-refractivity contribution < 1.29 is 0 Å². The second-order valence-corrected chi connectivity index (χ2v) is 4.93. The normalized spacial score (nSPS) is 13.6. The molecule has 98 valence electrons. The maximum atomic E-state index is 5.78. The second kappa shape index (κ2) is 6.77. The molecule has 1 rings (SSSR count). The van der Waals surface area contributed by atoms with Gasteiger partial charge < -0.3 is 5.73 Å². The van der Waals surface area contributed by atoms with E-state index >= 15 is 0 Å². The molecule has 4 heteroatoms. The third kappa shape index (κ3) is 4.48. The molecule has 0 amide bonds. The molecular weight excluding hydrogens is 212 g/mol. The summed E-state index contributed by atoms with van der Waals surface area (Å²) in [6.07, 6.45) is 4.35. The minimum atomic E-state index is 0.209. The molecule has 1 heterocycles. The Morgan fingerprint density at radius 3 is 2.59 bits per heavy atom. The molecule has 0 fully saturated rings. The minimum Gasteiger partial charge on any atom is -0.327 e. The van der Waals surface area contributed by atoms with E-state index in [-0.39, 0.29) is 6.04 Å². The molecule has 2 N–H and O–H groups in total. The average Bonchev–Trinajstić information content (AvgIpc) is 2.67. The van der Waals surface area contributed by atoms with Crippen LogP contribution < -0.4 is 5.73 Å². The number of nitrogens with zero attached hydrogens (tertiary/aromatic N) is 3. The largest absolute Gasteiger partial charge is 0.327 e. The van der Waals surface area contributed by atoms with E-state index in [2.05, 4.69) is 47.8 Å². The van der Waals surface area contributed by atoms with Crippen molar-refractivity contribution in [2.24, 2.45) is 5.73 Å². The van der Waals surface area contributed by atoms with Crippen LogP contribution >= 0.6 is 0 Å². The number of rotatable bonds is 7. The third-order valence-corrected chi connectivity index (χ3v) is 3.01. The molecule has 0 saturated carbocycles. The smallest absolute Gasteiger partial charge is 0.0764 e. The van der Waals surface area contributed by atoms with Crippen molar-refractivity contribution in [3.63, 3.8) is 0 Å². The molecule has 0 aliphatic heterocycles. The first-order valence-electron chi connectivity index (χ1n) is 6.54. The van der Waals surface area contributed by atoms with E-state index < -0.39 is 0 Å². The van der Waals surface area contributed by atoms with Gasteiger partial charge in [0, 0.05) is 25.3 Å². The molecule has 0 aromatic carbocycles. The van der Waals surface area contributed by atoms with Crippen molar-refractivity contribution in [1.82, 2.24) is 14.7 Å². The molecule has 0 bridgehead atoms. The van der Waals surface area contributed by atoms with Crippen LogP contribution in [0.15, 0.2) is 12.3 Å². The molecule has 1 atom stereocenters. The van der Waals surface area contributed by atoms with Crippen molar-refractivity contribution in [2.75, 3.05) is 13.6 Å². The number of hydrogen-bond acceptors (Lipinski definition) is 3. The van der Waals surface area contributed by atoms with Crippen LogP contribution in [0.1, 0.15) is 45.3 Å². The van der Waals surface area contributed by atoms with E-state index in [1.165, 1.54) is 0 Å². The summed E-state index contributed by atoms with van der Waals surface area (Å²) in [5.41, 5.74) is 6.90. The summed E-state index contributed by atoms with van der Waals surface area (Å²) in [7, 11) is 2.08. The summed E-state index contributed by atoms with van der Waals surface area (Å²) >= 11 is 0. The Morgan fingerprint density at radius 2 is 2.06 bits per heavy atom. The molecule has 0 saturated heterocycles. The monoisotopic (exact) mass is 238 g/mol. The molecule has 4 nitrogen and oxygen atoms in total. The molecule has 1 aromatic heterocycles. The lowest BCUT2D eigenvalue weighted by molar-refractivity contribution is 0.303. The SMILES string of the molecule is CCC(CC)n1ccc(CN(C)CC(C)N)n1. The van der Waals surface area contributed by atoms with Crippen LogP contribution in [0.4, 0.5) is 0 Å². The zero-order valence-electron chi connectivity index (χ0n) is 11.6. The van der Waals surface area contributed by atoms with Crippen LogP contribution in [0.2, 0.25) is 0 Å². The van der Waals surface area contributed by atoms with E-state index in [1.54, 1.807) is 0 Å². The molecule has 17 heavy (non-hydrogen) atoms. The van der Waals surface area contributed by atoms with Gasteiger partial charge in [-0.15, -0.1) is 0 Å². The lowest BCUT2D eigenvalue weighted by Gasteiger charge is -2.17. The van der Waals surface area contributed by atoms with Crippen LogP contribution in [0, 0.1) is 0 Å². The van der Waals surface area contributed by atoms with Crippen LogP contribution in [-0.4, -0.2) is 34.3 Å². The highest BCUT2D eigenvalue weighted by atomic mass is 15.3. The summed E-state index contributed by atoms with van der Waals surface area (Å²) in [4.78, 5) is 2.21. The summed E-state index contributed by atoms with van der Waals surface area (Å²) in [6.45, 7) is 8.21. The first-order valence-corrected chi connectivity index (χ1v) is 6.54. The summed E-state index contributed by atoms with van der Waals surface area (Å²) in [6, 6.07) is 2.85. The summed E-state index contributed by atoms with van der Waals surface area (Å²) < 4.78 is 2.09. The fourth-order valence-electron chi connectivity index (χ4n) is 2.16. The van der Waals surface area contributed by atoms with Crippen molar-refractivity contribution in [1.29, 1.82) is 0 Å². The molecule has 0 aliphatic rings. The fourth-order valence-corrected chi connectivity index (χ4v) is 2.16. The second-order valence-electron chi connectivity index (χ2n) is 4.93. The number of aromatic nitrogens is 2. The van der Waals surface area contributed by atoms with E-state index in [0.29, 0.717) is 6.04 Å². The Bertz CT molecular complexity index is 315. The van der Waals surface area contributed by atoms with Crippen molar-refractivity contribution in [2.45, 2.75) is 52.2 Å². The van der Waals surface area contributed by atoms with Gasteiger partial charge >= 0.3 is 0 Å². The van der Waals surface area contributed by atoms with Gasteiger partial charge in [-0.25, -0.2) is 0 Å². The number of nitrogens with two attached hydrogens (primary N) is 1. The lowest BCUT2D eigenvalue weighted by Crippen LogP contribution is -2.32. The van der Waals surface area contributed by atoms with Gasteiger partial charge in [-0.2, -0.15) is 5.10 Å². The van der Waals surface area contributed by atoms with Gasteiger partial charge in [0.2, 0.25) is 0 Å². The zero-order chi connectivity index (χ0) is 12.8. The van der Waals surface area contributed by atoms with Gasteiger partial charge in [0.15, 0.2) is 0 Å². The Labute approximate surface area is 105 Å². The third-order valence-electron chi connectivity index (χ3n) is 3.01. The quantitative estimate of drug-likeness (QED) is 0.790. The minimum absolute atomic E-state index is 0.209. The summed E-state index contributed by atoms with van der Waals surface area (Å²) in [5.74, 6) is 0. The molecule has 1 unspecified atom stereocenters. The summed E-state index contributed by atoms with van der Waals surface area (Å²) in [5, 5.41) is 4.63. The maximum absolute atomic E-state index is 5.78. The lowest BCUT2D eigenvalue weighted by atomic mass is 10.2. The Morgan fingerprint density at radius 1 is 1.41 bits per heavy atom. The first-order chi connectivity index (χ1) is 8.06. The first kappa shape index (κ1) is 14.2. The van der Waals surface area contributed by atoms with Gasteiger partial charge in [-0.05, 0) is 32.9 Å². The van der Waals surface area contributed by atoms with Gasteiger partial charge in [0.05, 0.1) is 11.7 Å². The van der Waals surface area contributed by atoms with E-state index in [1.807, 2.05) is 6.92 Å². The maximum Gasteiger partial charge on any atom is 0.0764 e. The standard InChI is InChI=1S/C13H26N4/c1-5-13(6-2)17-8-7-12(15-17)10-16(4)9-11(3)14/h7-8,11,13H,5-6,9-10,14H2,1-4H3. The van der Waals surface area contributed by atoms with Crippen LogP contribution in [0.25, 0.3) is 0 Å². The zero-order valence-corrected chi connectivity index (χ0v) is 11.6. The van der Waals surface area contributed by atoms with Crippen LogP contribution in [0.3, 0.4) is 0 Å². The highest BCUT2D eigenvalue weighted by molar-refractivity contribution is 4.99. The average molecular weight is 238 g/mol. The fraction of sp³-hybridized carbons (Fsp3) is 0.769. The Hall–Kier alpha value is -0.870. The predicted octanol–water partition coefficient (Wildman–Crippen LogP) is 2.02. The van der Waals surface area contributed by atoms with Crippen molar-refractivity contribution in [3.8, 4) is 0 Å². The highest BCUT2D eigenvalue weighted by Crippen LogP contribution is 2.14. The highest BCUT2D eigenvalue weighted by Gasteiger charge is 2.09. The molecule has 1 aromatic rings. The van der Waals surface area contributed by atoms with E-state index in [4.69, 9.17) is 5.73 Å². The predicted molar refractivity (Wildman–Crippen MR) is 71.8 cm³/mol.